The number of carbonyl (C=O) groups is 1. The molecule has 2 aromatic rings. The zero-order valence-corrected chi connectivity index (χ0v) is 11.4. The standard InChI is InChI=1S/C15H16O5/c1-3-18-13-6-4-5-7-14(13)19-9-11-8-12(15(16)17)10(2)20-11/h4-8H,3,9H2,1-2H3,(H,16,17). The van der Waals surface area contributed by atoms with Crippen LogP contribution < -0.4 is 9.47 Å². The summed E-state index contributed by atoms with van der Waals surface area (Å²) in [6, 6.07) is 8.78. The van der Waals surface area contributed by atoms with E-state index in [1.807, 2.05) is 25.1 Å². The van der Waals surface area contributed by atoms with Crippen LogP contribution in [0.15, 0.2) is 34.7 Å². The van der Waals surface area contributed by atoms with Gasteiger partial charge >= 0.3 is 5.97 Å². The van der Waals surface area contributed by atoms with Crippen molar-refractivity contribution in [3.8, 4) is 11.5 Å². The molecular weight excluding hydrogens is 260 g/mol. The second-order valence-corrected chi connectivity index (χ2v) is 4.16. The van der Waals surface area contributed by atoms with Crippen molar-refractivity contribution in [1.82, 2.24) is 0 Å². The maximum absolute atomic E-state index is 10.9. The Bertz CT molecular complexity index is 600. The monoisotopic (exact) mass is 276 g/mol. The Morgan fingerprint density at radius 3 is 2.45 bits per heavy atom. The van der Waals surface area contributed by atoms with Crippen molar-refractivity contribution in [3.05, 3.63) is 47.4 Å². The van der Waals surface area contributed by atoms with Gasteiger partial charge in [0.1, 0.15) is 23.7 Å². The van der Waals surface area contributed by atoms with Gasteiger partial charge < -0.3 is 19.0 Å². The number of hydrogen-bond donors (Lipinski definition) is 1. The van der Waals surface area contributed by atoms with E-state index >= 15 is 0 Å². The summed E-state index contributed by atoms with van der Waals surface area (Å²) in [5, 5.41) is 8.96. The molecule has 0 amide bonds. The number of rotatable bonds is 6. The van der Waals surface area contributed by atoms with E-state index in [1.165, 1.54) is 6.07 Å². The number of ether oxygens (including phenoxy) is 2. The number of aromatic carboxylic acids is 1. The first-order chi connectivity index (χ1) is 9.61. The zero-order valence-electron chi connectivity index (χ0n) is 11.4. The van der Waals surface area contributed by atoms with Crippen LogP contribution >= 0.6 is 0 Å². The second kappa shape index (κ2) is 6.14. The molecule has 0 saturated carbocycles. The van der Waals surface area contributed by atoms with Crippen LogP contribution in [0.4, 0.5) is 0 Å². The fraction of sp³-hybridized carbons (Fsp3) is 0.267. The first-order valence-electron chi connectivity index (χ1n) is 6.29. The van der Waals surface area contributed by atoms with Crippen molar-refractivity contribution in [3.63, 3.8) is 0 Å². The van der Waals surface area contributed by atoms with Crippen LogP contribution in [-0.4, -0.2) is 17.7 Å². The minimum atomic E-state index is -1.01. The van der Waals surface area contributed by atoms with Gasteiger partial charge in [-0.3, -0.25) is 0 Å². The molecule has 0 radical (unpaired) electrons. The number of para-hydroxylation sites is 2. The van der Waals surface area contributed by atoms with Crippen LogP contribution in [0, 0.1) is 6.92 Å². The molecule has 20 heavy (non-hydrogen) atoms. The van der Waals surface area contributed by atoms with Crippen LogP contribution in [0.2, 0.25) is 0 Å². The predicted molar refractivity (Wildman–Crippen MR) is 72.3 cm³/mol. The van der Waals surface area contributed by atoms with E-state index in [0.717, 1.165) is 0 Å². The molecular formula is C15H16O5. The Morgan fingerprint density at radius 1 is 1.25 bits per heavy atom. The molecule has 1 aromatic carbocycles. The number of carboxylic acid groups (broad SMARTS) is 1. The third kappa shape index (κ3) is 3.12. The van der Waals surface area contributed by atoms with Crippen molar-refractivity contribution >= 4 is 5.97 Å². The molecule has 0 atom stereocenters. The van der Waals surface area contributed by atoms with E-state index in [9.17, 15) is 4.79 Å². The molecule has 0 aliphatic carbocycles. The van der Waals surface area contributed by atoms with Crippen LogP contribution in [0.25, 0.3) is 0 Å². The summed E-state index contributed by atoms with van der Waals surface area (Å²) in [4.78, 5) is 10.9. The summed E-state index contributed by atoms with van der Waals surface area (Å²) in [7, 11) is 0. The molecule has 1 aromatic heterocycles. The van der Waals surface area contributed by atoms with Gasteiger partial charge in [-0.2, -0.15) is 0 Å². The summed E-state index contributed by atoms with van der Waals surface area (Å²) in [6.07, 6.45) is 0. The third-order valence-electron chi connectivity index (χ3n) is 2.72. The van der Waals surface area contributed by atoms with Gasteiger partial charge in [0.15, 0.2) is 11.5 Å². The first-order valence-corrected chi connectivity index (χ1v) is 6.29. The van der Waals surface area contributed by atoms with Gasteiger partial charge in [0.05, 0.1) is 6.61 Å². The maximum Gasteiger partial charge on any atom is 0.339 e. The minimum Gasteiger partial charge on any atom is -0.490 e. The Balaban J connectivity index is 2.09. The highest BCUT2D eigenvalue weighted by Crippen LogP contribution is 2.27. The molecule has 0 bridgehead atoms. The quantitative estimate of drug-likeness (QED) is 0.877. The zero-order chi connectivity index (χ0) is 14.5. The van der Waals surface area contributed by atoms with Crippen LogP contribution in [-0.2, 0) is 6.61 Å². The molecule has 5 nitrogen and oxygen atoms in total. The van der Waals surface area contributed by atoms with Crippen molar-refractivity contribution in [2.45, 2.75) is 20.5 Å². The van der Waals surface area contributed by atoms with E-state index in [-0.39, 0.29) is 12.2 Å². The van der Waals surface area contributed by atoms with Gasteiger partial charge in [0, 0.05) is 0 Å². The van der Waals surface area contributed by atoms with Gasteiger partial charge in [-0.25, -0.2) is 4.79 Å². The first kappa shape index (κ1) is 14.0. The average Bonchev–Trinajstić information content (AvgIpc) is 2.79. The molecule has 106 valence electrons. The Kier molecular flexibility index (Phi) is 4.30. The number of hydrogen-bond acceptors (Lipinski definition) is 4. The predicted octanol–water partition coefficient (Wildman–Crippen LogP) is 3.26. The van der Waals surface area contributed by atoms with Crippen LogP contribution in [0.1, 0.15) is 28.8 Å². The van der Waals surface area contributed by atoms with Crippen LogP contribution in [0.3, 0.4) is 0 Å². The van der Waals surface area contributed by atoms with Gasteiger partial charge in [0.25, 0.3) is 0 Å². The third-order valence-corrected chi connectivity index (χ3v) is 2.72. The highest BCUT2D eigenvalue weighted by Gasteiger charge is 2.14. The van der Waals surface area contributed by atoms with Gasteiger partial charge in [-0.1, -0.05) is 12.1 Å². The lowest BCUT2D eigenvalue weighted by Gasteiger charge is -2.10. The lowest BCUT2D eigenvalue weighted by molar-refractivity contribution is 0.0695. The molecule has 2 rings (SSSR count). The second-order valence-electron chi connectivity index (χ2n) is 4.16. The SMILES string of the molecule is CCOc1ccccc1OCc1cc(C(=O)O)c(C)o1. The van der Waals surface area contributed by atoms with Gasteiger partial charge in [0.2, 0.25) is 0 Å². The number of aryl methyl sites for hydroxylation is 1. The topological polar surface area (TPSA) is 68.9 Å². The summed E-state index contributed by atoms with van der Waals surface area (Å²) < 4.78 is 16.4. The summed E-state index contributed by atoms with van der Waals surface area (Å²) in [5.41, 5.74) is 0.154. The molecule has 0 spiro atoms. The number of furan rings is 1. The number of benzene rings is 1. The Morgan fingerprint density at radius 2 is 1.90 bits per heavy atom. The largest absolute Gasteiger partial charge is 0.490 e. The molecule has 5 heteroatoms. The highest BCUT2D eigenvalue weighted by atomic mass is 16.5. The molecule has 0 aliphatic heterocycles. The molecule has 0 fully saturated rings. The van der Waals surface area contributed by atoms with E-state index in [1.54, 1.807) is 13.0 Å². The summed E-state index contributed by atoms with van der Waals surface area (Å²) in [5.74, 6) is 1.07. The van der Waals surface area contributed by atoms with Crippen LogP contribution in [0.5, 0.6) is 11.5 Å². The van der Waals surface area contributed by atoms with Gasteiger partial charge in [-0.15, -0.1) is 0 Å². The number of carboxylic acids is 1. The van der Waals surface area contributed by atoms with E-state index in [0.29, 0.717) is 29.6 Å². The fourth-order valence-corrected chi connectivity index (χ4v) is 1.82. The Hall–Kier alpha value is -2.43. The van der Waals surface area contributed by atoms with Gasteiger partial charge in [-0.05, 0) is 32.0 Å². The normalized spacial score (nSPS) is 10.3. The van der Waals surface area contributed by atoms with Crippen molar-refractivity contribution in [2.75, 3.05) is 6.61 Å². The van der Waals surface area contributed by atoms with E-state index in [2.05, 4.69) is 0 Å². The lowest BCUT2D eigenvalue weighted by Crippen LogP contribution is -1.99. The van der Waals surface area contributed by atoms with Crippen molar-refractivity contribution < 1.29 is 23.8 Å². The maximum atomic E-state index is 10.9. The lowest BCUT2D eigenvalue weighted by atomic mass is 10.2. The Labute approximate surface area is 116 Å². The molecule has 0 saturated heterocycles. The van der Waals surface area contributed by atoms with E-state index in [4.69, 9.17) is 19.0 Å². The summed E-state index contributed by atoms with van der Waals surface area (Å²) >= 11 is 0. The van der Waals surface area contributed by atoms with Crippen molar-refractivity contribution in [1.29, 1.82) is 0 Å². The van der Waals surface area contributed by atoms with E-state index < -0.39 is 5.97 Å². The minimum absolute atomic E-state index is 0.151. The summed E-state index contributed by atoms with van der Waals surface area (Å²) in [6.45, 7) is 4.20. The molecule has 0 aliphatic rings. The fourth-order valence-electron chi connectivity index (χ4n) is 1.82. The molecule has 1 N–H and O–H groups in total. The van der Waals surface area contributed by atoms with Crippen molar-refractivity contribution in [2.24, 2.45) is 0 Å². The average molecular weight is 276 g/mol. The smallest absolute Gasteiger partial charge is 0.339 e. The molecule has 0 unspecified atom stereocenters. The highest BCUT2D eigenvalue weighted by molar-refractivity contribution is 5.88. The molecule has 1 heterocycles.